The normalized spacial score (nSPS) is 14.0. The number of carbonyl (C=O) groups is 2. The van der Waals surface area contributed by atoms with Crippen LogP contribution >= 0.6 is 0 Å². The lowest BCUT2D eigenvalue weighted by molar-refractivity contribution is -0.148. The van der Waals surface area contributed by atoms with E-state index in [2.05, 4.69) is 83.1 Å². The van der Waals surface area contributed by atoms with E-state index in [1.807, 2.05) is 85.1 Å². The summed E-state index contributed by atoms with van der Waals surface area (Å²) in [4.78, 5) is 36.5. The van der Waals surface area contributed by atoms with Crippen LogP contribution in [0.2, 0.25) is 0 Å². The predicted octanol–water partition coefficient (Wildman–Crippen LogP) is 10.00. The largest absolute Gasteiger partial charge is 0.465 e. The average molecular weight is 750 g/mol. The van der Waals surface area contributed by atoms with Crippen LogP contribution in [-0.4, -0.2) is 35.1 Å². The quantitative estimate of drug-likeness (QED) is 0.108. The molecule has 7 nitrogen and oxygen atoms in total. The molecule has 0 aliphatic heterocycles. The number of nitrogens with one attached hydrogen (secondary N) is 2. The summed E-state index contributed by atoms with van der Waals surface area (Å²) in [7, 11) is 0. The maximum atomic E-state index is 14.5. The average Bonchev–Trinajstić information content (AvgIpc) is 3.99. The first-order chi connectivity index (χ1) is 28.1. The molecule has 0 saturated heterocycles. The Kier molecular flexibility index (Phi) is 10.3. The van der Waals surface area contributed by atoms with Gasteiger partial charge in [-0.3, -0.25) is 9.59 Å². The monoisotopic (exact) mass is 749 g/mol. The lowest BCUT2D eigenvalue weighted by Gasteiger charge is -2.23. The Hall–Kier alpha value is -6.57. The van der Waals surface area contributed by atoms with Crippen molar-refractivity contribution in [3.8, 4) is 22.4 Å². The van der Waals surface area contributed by atoms with Gasteiger partial charge in [0, 0.05) is 12.3 Å². The molecule has 0 unspecified atom stereocenters. The number of fused-ring (bicyclic) bond motifs is 5. The Morgan fingerprint density at radius 2 is 1.44 bits per heavy atom. The molecular formula is C50H43N3O4. The van der Waals surface area contributed by atoms with Crippen LogP contribution in [0.1, 0.15) is 58.4 Å². The Labute approximate surface area is 332 Å². The minimum atomic E-state index is -0.808. The van der Waals surface area contributed by atoms with Crippen molar-refractivity contribution in [2.24, 2.45) is 5.92 Å². The highest BCUT2D eigenvalue weighted by molar-refractivity contribution is 5.85. The number of benzene rings is 6. The van der Waals surface area contributed by atoms with Crippen LogP contribution < -0.4 is 5.32 Å². The predicted molar refractivity (Wildman–Crippen MR) is 224 cm³/mol. The van der Waals surface area contributed by atoms with Gasteiger partial charge in [0.2, 0.25) is 5.91 Å². The van der Waals surface area contributed by atoms with Crippen molar-refractivity contribution in [3.63, 3.8) is 0 Å². The molecule has 0 bridgehead atoms. The number of rotatable bonds is 14. The molecule has 0 radical (unpaired) electrons. The van der Waals surface area contributed by atoms with E-state index in [4.69, 9.17) is 14.5 Å². The Morgan fingerprint density at radius 3 is 2.23 bits per heavy atom. The van der Waals surface area contributed by atoms with Gasteiger partial charge in [0.15, 0.2) is 0 Å². The first-order valence-electron chi connectivity index (χ1n) is 19.6. The van der Waals surface area contributed by atoms with Crippen LogP contribution in [0.5, 0.6) is 0 Å². The zero-order valence-corrected chi connectivity index (χ0v) is 31.6. The fourth-order valence-corrected chi connectivity index (χ4v) is 8.30. The molecule has 0 fully saturated rings. The van der Waals surface area contributed by atoms with Crippen LogP contribution in [0, 0.1) is 5.92 Å². The van der Waals surface area contributed by atoms with Crippen molar-refractivity contribution < 1.29 is 19.1 Å². The molecule has 0 spiro atoms. The number of amides is 1. The number of carbonyl (C=O) groups excluding carboxylic acids is 2. The summed E-state index contributed by atoms with van der Waals surface area (Å²) in [5, 5.41) is 5.56. The number of allylic oxidation sites excluding steroid dienone is 1. The van der Waals surface area contributed by atoms with Gasteiger partial charge in [-0.2, -0.15) is 0 Å². The minimum Gasteiger partial charge on any atom is -0.465 e. The molecule has 1 heterocycles. The molecular weight excluding hydrogens is 707 g/mol. The fourth-order valence-electron chi connectivity index (χ4n) is 8.30. The summed E-state index contributed by atoms with van der Waals surface area (Å²) >= 11 is 0. The Bertz CT molecular complexity index is 2550. The molecule has 0 saturated carbocycles. The van der Waals surface area contributed by atoms with E-state index in [0.717, 1.165) is 61.8 Å². The van der Waals surface area contributed by atoms with E-state index >= 15 is 0 Å². The van der Waals surface area contributed by atoms with Crippen LogP contribution in [-0.2, 0) is 32.1 Å². The van der Waals surface area contributed by atoms with E-state index < -0.39 is 17.9 Å². The van der Waals surface area contributed by atoms with Gasteiger partial charge in [-0.05, 0) is 73.3 Å². The molecule has 57 heavy (non-hydrogen) atoms. The van der Waals surface area contributed by atoms with Crippen LogP contribution in [0.3, 0.4) is 0 Å². The fraction of sp³-hybridized carbons (Fsp3) is 0.180. The number of imidazole rings is 1. The molecule has 2 aliphatic carbocycles. The van der Waals surface area contributed by atoms with Crippen molar-refractivity contribution in [2.45, 2.75) is 37.8 Å². The zero-order chi connectivity index (χ0) is 38.6. The number of esters is 1. The lowest BCUT2D eigenvalue weighted by Crippen LogP contribution is -2.38. The van der Waals surface area contributed by atoms with Crippen molar-refractivity contribution in [2.75, 3.05) is 13.2 Å². The second kappa shape index (κ2) is 16.3. The summed E-state index contributed by atoms with van der Waals surface area (Å²) in [6, 6.07) is 48.8. The third-order valence-electron chi connectivity index (χ3n) is 11.2. The first kappa shape index (κ1) is 36.1. The molecule has 1 aromatic heterocycles. The Morgan fingerprint density at radius 1 is 0.754 bits per heavy atom. The summed E-state index contributed by atoms with van der Waals surface area (Å²) < 4.78 is 12.3. The maximum Gasteiger partial charge on any atom is 0.306 e. The third-order valence-corrected chi connectivity index (χ3v) is 11.2. The van der Waals surface area contributed by atoms with Gasteiger partial charge >= 0.3 is 5.97 Å². The minimum absolute atomic E-state index is 0.0362. The van der Waals surface area contributed by atoms with E-state index in [0.29, 0.717) is 18.9 Å². The maximum absolute atomic E-state index is 14.5. The molecule has 7 heteroatoms. The van der Waals surface area contributed by atoms with E-state index in [9.17, 15) is 9.59 Å². The van der Waals surface area contributed by atoms with Gasteiger partial charge in [0.1, 0.15) is 12.4 Å². The van der Waals surface area contributed by atoms with Gasteiger partial charge in [-0.15, -0.1) is 0 Å². The molecule has 1 amide bonds. The molecule has 6 aromatic carbocycles. The number of hydrogen-bond donors (Lipinski definition) is 2. The third kappa shape index (κ3) is 7.80. The van der Waals surface area contributed by atoms with Crippen LogP contribution in [0.25, 0.3) is 38.7 Å². The smallest absolute Gasteiger partial charge is 0.306 e. The number of aromatic amines is 1. The zero-order valence-electron chi connectivity index (χ0n) is 31.6. The summed E-state index contributed by atoms with van der Waals surface area (Å²) in [6.45, 7) is 0.517. The molecule has 282 valence electrons. The SMILES string of the molecule is O=C(C[C@H](COCc1ccc2ccccc2c1)C(=O)N[C@H](CC1=CCc2ccccc21)c1ncc(-c2ccccc2)[nH]1)OCC1c2ccccc2-c2ccccc21. The first-order valence-corrected chi connectivity index (χ1v) is 19.6. The summed E-state index contributed by atoms with van der Waals surface area (Å²) in [6.07, 6.45) is 5.27. The van der Waals surface area contributed by atoms with Crippen molar-refractivity contribution in [1.29, 1.82) is 0 Å². The van der Waals surface area contributed by atoms with Crippen molar-refractivity contribution in [1.82, 2.24) is 15.3 Å². The highest BCUT2D eigenvalue weighted by atomic mass is 16.5. The van der Waals surface area contributed by atoms with Crippen molar-refractivity contribution in [3.05, 3.63) is 192 Å². The standard InChI is InChI=1S/C50H43N3O4/c54-48(57-32-45-43-20-10-8-18-41(43)42-19-9-11-21-44(42)45)28-39(31-56-30-33-22-23-34-12-4-5-16-37(34)26-33)50(55)53-46(27-38-25-24-35-13-6-7-17-40(35)38)49-51-29-47(52-49)36-14-2-1-3-15-36/h1-23,25-26,29,39,45-46H,24,27-28,30-32H2,(H,51,52)(H,53,55)/t39-,46-/m1/s1. The number of aromatic nitrogens is 2. The van der Waals surface area contributed by atoms with Gasteiger partial charge in [0.25, 0.3) is 0 Å². The molecule has 2 N–H and O–H groups in total. The highest BCUT2D eigenvalue weighted by Crippen LogP contribution is 2.44. The molecule has 2 aliphatic rings. The second-order valence-electron chi connectivity index (χ2n) is 14.9. The van der Waals surface area contributed by atoms with Gasteiger partial charge < -0.3 is 19.8 Å². The highest BCUT2D eigenvalue weighted by Gasteiger charge is 2.32. The van der Waals surface area contributed by atoms with Gasteiger partial charge in [0.05, 0.1) is 43.5 Å². The van der Waals surface area contributed by atoms with Crippen molar-refractivity contribution >= 4 is 28.2 Å². The number of hydrogen-bond acceptors (Lipinski definition) is 5. The molecule has 2 atom stereocenters. The van der Waals surface area contributed by atoms with Crippen LogP contribution in [0.4, 0.5) is 0 Å². The number of nitrogens with zero attached hydrogens (tertiary/aromatic N) is 1. The number of H-pyrrole nitrogens is 1. The van der Waals surface area contributed by atoms with E-state index in [1.165, 1.54) is 11.1 Å². The summed E-state index contributed by atoms with van der Waals surface area (Å²) in [5.41, 5.74) is 11.0. The van der Waals surface area contributed by atoms with E-state index in [1.54, 1.807) is 0 Å². The number of ether oxygens (including phenoxy) is 2. The second-order valence-corrected chi connectivity index (χ2v) is 14.9. The van der Waals surface area contributed by atoms with Gasteiger partial charge in [-0.1, -0.05) is 146 Å². The lowest BCUT2D eigenvalue weighted by atomic mass is 9.97. The van der Waals surface area contributed by atoms with Gasteiger partial charge in [-0.25, -0.2) is 4.98 Å². The topological polar surface area (TPSA) is 93.3 Å². The Balaban J connectivity index is 0.954. The van der Waals surface area contributed by atoms with Crippen LogP contribution in [0.15, 0.2) is 158 Å². The molecule has 7 aromatic rings. The molecule has 9 rings (SSSR count). The van der Waals surface area contributed by atoms with E-state index in [-0.39, 0.29) is 31.5 Å². The summed E-state index contributed by atoms with van der Waals surface area (Å²) in [5.74, 6) is -0.986.